The molecule has 0 spiro atoms. The van der Waals surface area contributed by atoms with Gasteiger partial charge in [-0.2, -0.15) is 9.98 Å². The van der Waals surface area contributed by atoms with E-state index in [2.05, 4.69) is 4.72 Å². The van der Waals surface area contributed by atoms with Gasteiger partial charge in [-0.05, 0) is 48.7 Å². The van der Waals surface area contributed by atoms with Gasteiger partial charge in [0.1, 0.15) is 17.9 Å². The first-order valence-corrected chi connectivity index (χ1v) is 9.05. The van der Waals surface area contributed by atoms with Crippen molar-refractivity contribution in [2.24, 2.45) is 0 Å². The van der Waals surface area contributed by atoms with Gasteiger partial charge in [-0.15, -0.1) is 0 Å². The maximum atomic E-state index is 13.5. The second-order valence-electron chi connectivity index (χ2n) is 5.64. The fraction of sp³-hybridized carbons (Fsp3) is 0.222. The zero-order chi connectivity index (χ0) is 19.5. The highest BCUT2D eigenvalue weighted by molar-refractivity contribution is 7.89. The van der Waals surface area contributed by atoms with Gasteiger partial charge in [0.15, 0.2) is 0 Å². The first kappa shape index (κ1) is 19.6. The lowest BCUT2D eigenvalue weighted by molar-refractivity contribution is -0.142. The van der Waals surface area contributed by atoms with Crippen molar-refractivity contribution in [2.45, 2.75) is 24.8 Å². The molecule has 0 aliphatic carbocycles. The van der Waals surface area contributed by atoms with Gasteiger partial charge in [-0.1, -0.05) is 18.2 Å². The predicted octanol–water partition coefficient (Wildman–Crippen LogP) is 2.51. The van der Waals surface area contributed by atoms with Crippen LogP contribution in [0.5, 0.6) is 0 Å². The Kier molecular flexibility index (Phi) is 5.75. The topological polar surface area (TPSA) is 96.3 Å². The van der Waals surface area contributed by atoms with Gasteiger partial charge in [0.25, 0.3) is 0 Å². The molecule has 8 heteroatoms. The third-order valence-electron chi connectivity index (χ3n) is 3.91. The predicted molar refractivity (Wildman–Crippen MR) is 92.1 cm³/mol. The quantitative estimate of drug-likeness (QED) is 0.809. The SMILES string of the molecule is COC(=O)[C@@H](NS(=O)(=O)c1ccc(F)c(C#N)c1)c1c(C)cccc1C. The van der Waals surface area contributed by atoms with Crippen LogP contribution in [0.4, 0.5) is 4.39 Å². The minimum Gasteiger partial charge on any atom is -0.468 e. The van der Waals surface area contributed by atoms with Crippen LogP contribution >= 0.6 is 0 Å². The van der Waals surface area contributed by atoms with E-state index >= 15 is 0 Å². The third-order valence-corrected chi connectivity index (χ3v) is 5.33. The Morgan fingerprint density at radius 3 is 2.38 bits per heavy atom. The highest BCUT2D eigenvalue weighted by atomic mass is 32.2. The number of hydrogen-bond donors (Lipinski definition) is 1. The van der Waals surface area contributed by atoms with Crippen molar-refractivity contribution in [3.05, 3.63) is 64.5 Å². The van der Waals surface area contributed by atoms with Crippen LogP contribution < -0.4 is 4.72 Å². The number of ether oxygens (including phenoxy) is 1. The van der Waals surface area contributed by atoms with Crippen molar-refractivity contribution in [1.29, 1.82) is 5.26 Å². The van der Waals surface area contributed by atoms with E-state index in [-0.39, 0.29) is 4.90 Å². The summed E-state index contributed by atoms with van der Waals surface area (Å²) in [5.74, 6) is -1.61. The smallest absolute Gasteiger partial charge is 0.328 e. The molecule has 0 unspecified atom stereocenters. The lowest BCUT2D eigenvalue weighted by Crippen LogP contribution is -2.35. The van der Waals surface area contributed by atoms with Crippen LogP contribution in [0.2, 0.25) is 0 Å². The number of nitriles is 1. The molecule has 0 radical (unpaired) electrons. The third kappa shape index (κ3) is 3.90. The number of halogens is 1. The molecule has 2 aromatic rings. The summed E-state index contributed by atoms with van der Waals surface area (Å²) in [6.07, 6.45) is 0. The molecule has 136 valence electrons. The van der Waals surface area contributed by atoms with E-state index in [1.807, 2.05) is 0 Å². The van der Waals surface area contributed by atoms with Crippen LogP contribution in [0.25, 0.3) is 0 Å². The molecule has 0 heterocycles. The van der Waals surface area contributed by atoms with Crippen LogP contribution in [0.1, 0.15) is 28.3 Å². The van der Waals surface area contributed by atoms with E-state index in [1.54, 1.807) is 38.1 Å². The van der Waals surface area contributed by atoms with Gasteiger partial charge in [0, 0.05) is 0 Å². The Labute approximate surface area is 151 Å². The minimum absolute atomic E-state index is 0.324. The molecule has 0 saturated carbocycles. The van der Waals surface area contributed by atoms with Crippen LogP contribution in [0.3, 0.4) is 0 Å². The minimum atomic E-state index is -4.21. The first-order chi connectivity index (χ1) is 12.2. The van der Waals surface area contributed by atoms with Crippen LogP contribution in [0, 0.1) is 31.0 Å². The number of nitrogens with zero attached hydrogens (tertiary/aromatic N) is 1. The molecule has 1 N–H and O–H groups in total. The zero-order valence-corrected chi connectivity index (χ0v) is 15.2. The molecule has 0 aliphatic heterocycles. The van der Waals surface area contributed by atoms with Crippen LogP contribution in [-0.2, 0) is 19.6 Å². The van der Waals surface area contributed by atoms with E-state index in [0.717, 1.165) is 25.3 Å². The Bertz CT molecular complexity index is 976. The molecule has 0 bridgehead atoms. The Morgan fingerprint density at radius 2 is 1.85 bits per heavy atom. The van der Waals surface area contributed by atoms with Crippen molar-refractivity contribution in [3.8, 4) is 6.07 Å². The standard InChI is InChI=1S/C18H17FN2O4S/c1-11-5-4-6-12(2)16(11)17(18(22)25-3)21-26(23,24)14-7-8-15(19)13(9-14)10-20/h4-9,17,21H,1-3H3/t17-/m0/s1. The Balaban J connectivity index is 2.52. The average molecular weight is 376 g/mol. The number of esters is 1. The van der Waals surface area contributed by atoms with E-state index in [9.17, 15) is 17.6 Å². The summed E-state index contributed by atoms with van der Waals surface area (Å²) < 4.78 is 45.9. The summed E-state index contributed by atoms with van der Waals surface area (Å²) >= 11 is 0. The highest BCUT2D eigenvalue weighted by Crippen LogP contribution is 2.25. The second-order valence-corrected chi connectivity index (χ2v) is 7.35. The molecule has 0 amide bonds. The van der Waals surface area contributed by atoms with E-state index in [0.29, 0.717) is 16.7 Å². The van der Waals surface area contributed by atoms with Crippen molar-refractivity contribution >= 4 is 16.0 Å². The monoisotopic (exact) mass is 376 g/mol. The van der Waals surface area contributed by atoms with E-state index in [4.69, 9.17) is 10.00 Å². The fourth-order valence-electron chi connectivity index (χ4n) is 2.61. The van der Waals surface area contributed by atoms with E-state index < -0.39 is 33.4 Å². The average Bonchev–Trinajstić information content (AvgIpc) is 2.60. The number of benzene rings is 2. The lowest BCUT2D eigenvalue weighted by Gasteiger charge is -2.21. The number of nitrogens with one attached hydrogen (secondary N) is 1. The molecule has 6 nitrogen and oxygen atoms in total. The van der Waals surface area contributed by atoms with Crippen molar-refractivity contribution in [3.63, 3.8) is 0 Å². The summed E-state index contributed by atoms with van der Waals surface area (Å²) in [5, 5.41) is 8.89. The maximum absolute atomic E-state index is 13.5. The molecule has 0 aromatic heterocycles. The maximum Gasteiger partial charge on any atom is 0.328 e. The second kappa shape index (κ2) is 7.64. The van der Waals surface area contributed by atoms with Gasteiger partial charge < -0.3 is 4.74 Å². The summed E-state index contributed by atoms with van der Waals surface area (Å²) in [7, 11) is -3.06. The van der Waals surface area contributed by atoms with Gasteiger partial charge in [-0.3, -0.25) is 0 Å². The number of aryl methyl sites for hydroxylation is 2. The number of carbonyl (C=O) groups is 1. The molecule has 2 rings (SSSR count). The molecule has 2 aromatic carbocycles. The van der Waals surface area contributed by atoms with Crippen LogP contribution in [0.15, 0.2) is 41.3 Å². The van der Waals surface area contributed by atoms with E-state index in [1.165, 1.54) is 0 Å². The summed E-state index contributed by atoms with van der Waals surface area (Å²) in [5.41, 5.74) is 1.49. The molecular formula is C18H17FN2O4S. The van der Waals surface area contributed by atoms with Gasteiger partial charge in [-0.25, -0.2) is 17.6 Å². The molecule has 0 fully saturated rings. The number of hydrogen-bond acceptors (Lipinski definition) is 5. The highest BCUT2D eigenvalue weighted by Gasteiger charge is 2.30. The van der Waals surface area contributed by atoms with Crippen molar-refractivity contribution in [1.82, 2.24) is 4.72 Å². The fourth-order valence-corrected chi connectivity index (χ4v) is 3.79. The van der Waals surface area contributed by atoms with Gasteiger partial charge in [0.05, 0.1) is 17.6 Å². The number of sulfonamides is 1. The summed E-state index contributed by atoms with van der Waals surface area (Å²) in [6.45, 7) is 3.50. The molecule has 1 atom stereocenters. The Morgan fingerprint density at radius 1 is 1.23 bits per heavy atom. The van der Waals surface area contributed by atoms with Crippen LogP contribution in [-0.4, -0.2) is 21.5 Å². The van der Waals surface area contributed by atoms with Crippen molar-refractivity contribution < 1.29 is 22.3 Å². The van der Waals surface area contributed by atoms with Gasteiger partial charge in [0.2, 0.25) is 10.0 Å². The molecular weight excluding hydrogens is 359 g/mol. The Hall–Kier alpha value is -2.76. The number of carbonyl (C=O) groups excluding carboxylic acids is 1. The lowest BCUT2D eigenvalue weighted by atomic mass is 9.97. The molecule has 26 heavy (non-hydrogen) atoms. The number of methoxy groups -OCH3 is 1. The summed E-state index contributed by atoms with van der Waals surface area (Å²) in [6, 6.07) is 8.42. The normalized spacial score (nSPS) is 12.3. The molecule has 0 aliphatic rings. The van der Waals surface area contributed by atoms with Gasteiger partial charge >= 0.3 is 5.97 Å². The van der Waals surface area contributed by atoms with Crippen molar-refractivity contribution in [2.75, 3.05) is 7.11 Å². The number of rotatable bonds is 5. The first-order valence-electron chi connectivity index (χ1n) is 7.57. The largest absolute Gasteiger partial charge is 0.468 e. The zero-order valence-electron chi connectivity index (χ0n) is 14.4. The summed E-state index contributed by atoms with van der Waals surface area (Å²) in [4.78, 5) is 11.9. The molecule has 0 saturated heterocycles.